The lowest BCUT2D eigenvalue weighted by Crippen LogP contribution is -2.25. The van der Waals surface area contributed by atoms with Crippen LogP contribution in [0.2, 0.25) is 0 Å². The number of hydrogen-bond acceptors (Lipinski definition) is 0. The fraction of sp³-hybridized carbons (Fsp3) is 1.00. The van der Waals surface area contributed by atoms with Crippen LogP contribution in [0.5, 0.6) is 0 Å². The molecule has 0 bridgehead atoms. The summed E-state index contributed by atoms with van der Waals surface area (Å²) in [5.74, 6) is 1.04. The Morgan fingerprint density at radius 3 is 0.905 bits per heavy atom. The summed E-state index contributed by atoms with van der Waals surface area (Å²) in [5.41, 5.74) is 0.875. The molecule has 0 unspecified atom stereocenters. The van der Waals surface area contributed by atoms with Gasteiger partial charge in [-0.3, -0.25) is 0 Å². The van der Waals surface area contributed by atoms with E-state index < -0.39 is 0 Å². The first kappa shape index (κ1) is 23.3. The van der Waals surface area contributed by atoms with E-state index in [-0.39, 0.29) is 0 Å². The SMILES string of the molecule is CC(C)(C)C(C)(C)C.CCCCC(CCCC)CCCC. The molecule has 0 heteroatoms. The van der Waals surface area contributed by atoms with Crippen LogP contribution >= 0.6 is 0 Å². The lowest BCUT2D eigenvalue weighted by Gasteiger charge is -2.34. The Balaban J connectivity index is 0. The van der Waals surface area contributed by atoms with Gasteiger partial charge in [-0.25, -0.2) is 0 Å². The summed E-state index contributed by atoms with van der Waals surface area (Å²) in [6.07, 6.45) is 12.9. The third-order valence-electron chi connectivity index (χ3n) is 5.15. The molecule has 0 fully saturated rings. The molecule has 0 N–H and O–H groups in total. The van der Waals surface area contributed by atoms with E-state index in [0.717, 1.165) is 5.92 Å². The maximum atomic E-state index is 2.30. The Labute approximate surface area is 137 Å². The van der Waals surface area contributed by atoms with Crippen molar-refractivity contribution in [3.05, 3.63) is 0 Å². The van der Waals surface area contributed by atoms with Crippen molar-refractivity contribution in [2.45, 2.75) is 120 Å². The van der Waals surface area contributed by atoms with Crippen molar-refractivity contribution >= 4 is 0 Å². The van der Waals surface area contributed by atoms with Gasteiger partial charge in [-0.05, 0) is 16.7 Å². The Morgan fingerprint density at radius 1 is 0.524 bits per heavy atom. The van der Waals surface area contributed by atoms with Crippen molar-refractivity contribution in [2.75, 3.05) is 0 Å². The van der Waals surface area contributed by atoms with Crippen molar-refractivity contribution in [1.29, 1.82) is 0 Å². The first-order chi connectivity index (χ1) is 9.60. The normalized spacial score (nSPS) is 12.3. The molecule has 130 valence electrons. The standard InChI is InChI=1S/C13H28.C8H18/c1-4-7-10-13(11-8-5-2)12-9-6-3;1-7(2,3)8(4,5)6/h13H,4-12H2,1-3H3;1-6H3. The van der Waals surface area contributed by atoms with E-state index in [1.807, 2.05) is 0 Å². The van der Waals surface area contributed by atoms with E-state index in [1.165, 1.54) is 57.8 Å². The highest BCUT2D eigenvalue weighted by Crippen LogP contribution is 2.36. The molecular weight excluding hydrogens is 252 g/mol. The van der Waals surface area contributed by atoms with Gasteiger partial charge in [0, 0.05) is 0 Å². The van der Waals surface area contributed by atoms with E-state index in [2.05, 4.69) is 62.3 Å². The van der Waals surface area contributed by atoms with E-state index >= 15 is 0 Å². The molecule has 0 aromatic heterocycles. The number of unbranched alkanes of at least 4 members (excludes halogenated alkanes) is 3. The Bertz CT molecular complexity index is 170. The summed E-state index contributed by atoms with van der Waals surface area (Å²) in [7, 11) is 0. The fourth-order valence-corrected chi connectivity index (χ4v) is 1.91. The van der Waals surface area contributed by atoms with Gasteiger partial charge in [0.25, 0.3) is 0 Å². The zero-order valence-electron chi connectivity index (χ0n) is 16.9. The van der Waals surface area contributed by atoms with Crippen LogP contribution in [-0.4, -0.2) is 0 Å². The molecule has 0 rings (SSSR count). The summed E-state index contributed by atoms with van der Waals surface area (Å²) >= 11 is 0. The van der Waals surface area contributed by atoms with E-state index in [4.69, 9.17) is 0 Å². The van der Waals surface area contributed by atoms with Crippen molar-refractivity contribution < 1.29 is 0 Å². The molecule has 0 aliphatic rings. The molecule has 0 nitrogen and oxygen atoms in total. The highest BCUT2D eigenvalue weighted by molar-refractivity contribution is 4.77. The molecule has 0 atom stereocenters. The highest BCUT2D eigenvalue weighted by Gasteiger charge is 2.26. The summed E-state index contributed by atoms with van der Waals surface area (Å²) in [4.78, 5) is 0. The minimum Gasteiger partial charge on any atom is -0.0654 e. The molecular formula is C21H46. The van der Waals surface area contributed by atoms with Crippen LogP contribution < -0.4 is 0 Å². The molecule has 0 aromatic carbocycles. The molecule has 0 saturated heterocycles. The molecule has 0 radical (unpaired) electrons. The van der Waals surface area contributed by atoms with Crippen molar-refractivity contribution in [2.24, 2.45) is 16.7 Å². The van der Waals surface area contributed by atoms with E-state index in [1.54, 1.807) is 0 Å². The van der Waals surface area contributed by atoms with Gasteiger partial charge in [0.2, 0.25) is 0 Å². The molecule has 0 aliphatic carbocycles. The van der Waals surface area contributed by atoms with Crippen LogP contribution in [0, 0.1) is 16.7 Å². The van der Waals surface area contributed by atoms with Crippen molar-refractivity contribution in [3.8, 4) is 0 Å². The van der Waals surface area contributed by atoms with Crippen LogP contribution in [0.4, 0.5) is 0 Å². The molecule has 21 heavy (non-hydrogen) atoms. The lowest BCUT2D eigenvalue weighted by molar-refractivity contribution is 0.157. The third-order valence-corrected chi connectivity index (χ3v) is 5.15. The van der Waals surface area contributed by atoms with Crippen LogP contribution in [0.1, 0.15) is 120 Å². The third kappa shape index (κ3) is 14.7. The second-order valence-corrected chi connectivity index (χ2v) is 8.79. The maximum absolute atomic E-state index is 2.30. The zero-order valence-corrected chi connectivity index (χ0v) is 16.9. The molecule has 0 aliphatic heterocycles. The van der Waals surface area contributed by atoms with Crippen LogP contribution in [0.25, 0.3) is 0 Å². The van der Waals surface area contributed by atoms with E-state index in [0.29, 0.717) is 10.8 Å². The molecule has 0 aromatic rings. The van der Waals surface area contributed by atoms with Gasteiger partial charge >= 0.3 is 0 Å². The predicted octanol–water partition coefficient (Wildman–Crippen LogP) is 8.25. The smallest absolute Gasteiger partial charge is 0.0334 e. The molecule has 0 amide bonds. The van der Waals surface area contributed by atoms with Gasteiger partial charge in [-0.1, -0.05) is 120 Å². The monoisotopic (exact) mass is 298 g/mol. The molecule has 0 spiro atoms. The minimum absolute atomic E-state index is 0.437. The maximum Gasteiger partial charge on any atom is -0.0334 e. The molecule has 0 heterocycles. The predicted molar refractivity (Wildman–Crippen MR) is 101 cm³/mol. The number of hydrogen-bond donors (Lipinski definition) is 0. The van der Waals surface area contributed by atoms with Crippen LogP contribution in [0.15, 0.2) is 0 Å². The largest absolute Gasteiger partial charge is 0.0654 e. The Kier molecular flexibility index (Phi) is 13.9. The topological polar surface area (TPSA) is 0 Å². The quantitative estimate of drug-likeness (QED) is 0.402. The van der Waals surface area contributed by atoms with Crippen molar-refractivity contribution in [1.82, 2.24) is 0 Å². The average Bonchev–Trinajstić information content (AvgIpc) is 2.36. The Morgan fingerprint density at radius 2 is 0.762 bits per heavy atom. The fourth-order valence-electron chi connectivity index (χ4n) is 1.91. The van der Waals surface area contributed by atoms with Gasteiger partial charge in [-0.15, -0.1) is 0 Å². The van der Waals surface area contributed by atoms with Gasteiger partial charge < -0.3 is 0 Å². The zero-order chi connectivity index (χ0) is 16.9. The summed E-state index contributed by atoms with van der Waals surface area (Å²) in [5, 5.41) is 0. The van der Waals surface area contributed by atoms with Crippen molar-refractivity contribution in [3.63, 3.8) is 0 Å². The second kappa shape index (κ2) is 12.5. The van der Waals surface area contributed by atoms with Gasteiger partial charge in [0.05, 0.1) is 0 Å². The second-order valence-electron chi connectivity index (χ2n) is 8.79. The van der Waals surface area contributed by atoms with Crippen LogP contribution in [0.3, 0.4) is 0 Å². The Hall–Kier alpha value is 0. The summed E-state index contributed by atoms with van der Waals surface area (Å²) < 4.78 is 0. The van der Waals surface area contributed by atoms with E-state index in [9.17, 15) is 0 Å². The first-order valence-corrected chi connectivity index (χ1v) is 9.60. The van der Waals surface area contributed by atoms with Gasteiger partial charge in [-0.2, -0.15) is 0 Å². The summed E-state index contributed by atoms with van der Waals surface area (Å²) in [6, 6.07) is 0. The molecule has 0 saturated carbocycles. The number of rotatable bonds is 9. The first-order valence-electron chi connectivity index (χ1n) is 9.60. The average molecular weight is 299 g/mol. The highest BCUT2D eigenvalue weighted by atomic mass is 14.3. The summed E-state index contributed by atoms with van der Waals surface area (Å²) in [6.45, 7) is 20.5. The minimum atomic E-state index is 0.437. The lowest BCUT2D eigenvalue weighted by atomic mass is 9.71. The van der Waals surface area contributed by atoms with Crippen LogP contribution in [-0.2, 0) is 0 Å². The van der Waals surface area contributed by atoms with Gasteiger partial charge in [0.1, 0.15) is 0 Å². The van der Waals surface area contributed by atoms with Gasteiger partial charge in [0.15, 0.2) is 0 Å².